The van der Waals surface area contributed by atoms with Gasteiger partial charge in [0.25, 0.3) is 0 Å². The highest BCUT2D eigenvalue weighted by Crippen LogP contribution is 2.35. The van der Waals surface area contributed by atoms with Crippen molar-refractivity contribution < 1.29 is 13.2 Å². The molecule has 1 aromatic carbocycles. The maximum Gasteiger partial charge on any atom is 0.416 e. The first-order chi connectivity index (χ1) is 12.8. The van der Waals surface area contributed by atoms with Crippen molar-refractivity contribution in [1.82, 2.24) is 19.4 Å². The molecule has 0 bridgehead atoms. The van der Waals surface area contributed by atoms with Crippen LogP contribution in [0.1, 0.15) is 17.1 Å². The lowest BCUT2D eigenvalue weighted by molar-refractivity contribution is -0.137. The molecule has 0 saturated carbocycles. The normalized spacial score (nSPS) is 13.9. The van der Waals surface area contributed by atoms with Crippen LogP contribution in [0.15, 0.2) is 35.5 Å². The van der Waals surface area contributed by atoms with Crippen LogP contribution in [0.3, 0.4) is 0 Å². The van der Waals surface area contributed by atoms with Gasteiger partial charge in [0.2, 0.25) is 0 Å². The molecule has 0 amide bonds. The molecule has 1 aliphatic rings. The molecule has 140 valence electrons. The second kappa shape index (κ2) is 5.97. The summed E-state index contributed by atoms with van der Waals surface area (Å²) in [5, 5.41) is 6.24. The number of aryl methyl sites for hydroxylation is 2. The Kier molecular flexibility index (Phi) is 3.83. The average Bonchev–Trinajstić information content (AvgIpc) is 3.15. The minimum Gasteiger partial charge on any atom is -0.293 e. The zero-order chi connectivity index (χ0) is 19.3. The molecule has 0 aliphatic carbocycles. The van der Waals surface area contributed by atoms with Crippen molar-refractivity contribution in [3.63, 3.8) is 0 Å². The van der Waals surface area contributed by atoms with E-state index in [0.29, 0.717) is 23.6 Å². The molecule has 0 fully saturated rings. The first-order valence-electron chi connectivity index (χ1n) is 8.28. The highest BCUT2D eigenvalue weighted by molar-refractivity contribution is 5.92. The Morgan fingerprint density at radius 2 is 1.78 bits per heavy atom. The smallest absolute Gasteiger partial charge is 0.293 e. The van der Waals surface area contributed by atoms with Crippen molar-refractivity contribution in [2.45, 2.75) is 13.1 Å². The van der Waals surface area contributed by atoms with Gasteiger partial charge in [-0.1, -0.05) is 12.1 Å². The summed E-state index contributed by atoms with van der Waals surface area (Å²) in [5.74, 6) is 0.802. The number of hydrogen-bond acceptors (Lipinski definition) is 4. The van der Waals surface area contributed by atoms with E-state index >= 15 is 0 Å². The molecule has 9 heteroatoms. The Morgan fingerprint density at radius 1 is 1.07 bits per heavy atom. The molecule has 27 heavy (non-hydrogen) atoms. The van der Waals surface area contributed by atoms with Crippen LogP contribution in [-0.2, 0) is 13.2 Å². The lowest BCUT2D eigenvalue weighted by Crippen LogP contribution is -2.35. The topological polar surface area (TPSA) is 51.2 Å². The Bertz CT molecular complexity index is 1030. The van der Waals surface area contributed by atoms with Crippen LogP contribution in [0.5, 0.6) is 0 Å². The van der Waals surface area contributed by atoms with E-state index in [1.165, 1.54) is 12.1 Å². The van der Waals surface area contributed by atoms with Gasteiger partial charge in [0.15, 0.2) is 0 Å². The third-order valence-corrected chi connectivity index (χ3v) is 4.57. The average molecular weight is 374 g/mol. The van der Waals surface area contributed by atoms with Crippen LogP contribution in [0, 0.1) is 6.92 Å². The predicted octanol–water partition coefficient (Wildman–Crippen LogP) is 3.24. The molecular formula is C18H17F3N6. The molecule has 0 saturated heterocycles. The van der Waals surface area contributed by atoms with Crippen LogP contribution in [0.2, 0.25) is 0 Å². The molecular weight excluding hydrogens is 357 g/mol. The monoisotopic (exact) mass is 374 g/mol. The predicted molar refractivity (Wildman–Crippen MR) is 96.2 cm³/mol. The van der Waals surface area contributed by atoms with Crippen LogP contribution < -0.4 is 5.01 Å². The number of alkyl halides is 3. The first kappa shape index (κ1) is 17.3. The van der Waals surface area contributed by atoms with Gasteiger partial charge >= 0.3 is 6.18 Å². The summed E-state index contributed by atoms with van der Waals surface area (Å²) in [7, 11) is 3.67. The number of nitrogens with zero attached hydrogens (tertiary/aromatic N) is 6. The summed E-state index contributed by atoms with van der Waals surface area (Å²) in [6, 6.07) is 5.07. The van der Waals surface area contributed by atoms with Crippen molar-refractivity contribution in [2.24, 2.45) is 12.0 Å². The minimum atomic E-state index is -4.37. The van der Waals surface area contributed by atoms with E-state index in [9.17, 15) is 13.2 Å². The van der Waals surface area contributed by atoms with E-state index < -0.39 is 11.7 Å². The second-order valence-corrected chi connectivity index (χ2v) is 6.42. The maximum absolute atomic E-state index is 12.9. The van der Waals surface area contributed by atoms with Crippen molar-refractivity contribution in [1.29, 1.82) is 0 Å². The summed E-state index contributed by atoms with van der Waals surface area (Å²) >= 11 is 0. The van der Waals surface area contributed by atoms with Crippen LogP contribution >= 0.6 is 0 Å². The first-order valence-corrected chi connectivity index (χ1v) is 8.28. The second-order valence-electron chi connectivity index (χ2n) is 6.42. The van der Waals surface area contributed by atoms with Gasteiger partial charge in [-0.25, -0.2) is 9.66 Å². The Labute approximate surface area is 153 Å². The Balaban J connectivity index is 1.85. The number of aromatic nitrogens is 4. The third-order valence-electron chi connectivity index (χ3n) is 4.57. The Morgan fingerprint density at radius 3 is 2.44 bits per heavy atom. The van der Waals surface area contributed by atoms with E-state index in [4.69, 9.17) is 0 Å². The Hall–Kier alpha value is -3.10. The fourth-order valence-corrected chi connectivity index (χ4v) is 3.37. The quantitative estimate of drug-likeness (QED) is 0.692. The molecule has 0 spiro atoms. The molecule has 3 aromatic rings. The van der Waals surface area contributed by atoms with Gasteiger partial charge in [0.05, 0.1) is 23.7 Å². The summed E-state index contributed by atoms with van der Waals surface area (Å²) in [5.41, 5.74) is 2.92. The largest absolute Gasteiger partial charge is 0.416 e. The summed E-state index contributed by atoms with van der Waals surface area (Å²) < 4.78 is 42.2. The lowest BCUT2D eigenvalue weighted by Gasteiger charge is -2.24. The van der Waals surface area contributed by atoms with Gasteiger partial charge in [0, 0.05) is 25.2 Å². The molecule has 1 aliphatic heterocycles. The van der Waals surface area contributed by atoms with Gasteiger partial charge in [0.1, 0.15) is 23.9 Å². The van der Waals surface area contributed by atoms with Gasteiger partial charge in [-0.05, 0) is 19.1 Å². The van der Waals surface area contributed by atoms with E-state index in [2.05, 4.69) is 15.1 Å². The van der Waals surface area contributed by atoms with E-state index in [1.807, 2.05) is 23.7 Å². The van der Waals surface area contributed by atoms with Crippen molar-refractivity contribution in [2.75, 3.05) is 18.7 Å². The molecule has 4 rings (SSSR count). The van der Waals surface area contributed by atoms with Gasteiger partial charge < -0.3 is 0 Å². The number of aliphatic imine (C=N–C) groups is 1. The molecule has 2 aromatic heterocycles. The number of halogens is 3. The SMILES string of the molecule is Cc1nc(-c2cnn(C)c2-c2ccc(C(F)(F)F)cc2)c2n1N(C)CN=C2. The van der Waals surface area contributed by atoms with Crippen molar-refractivity contribution in [3.8, 4) is 22.5 Å². The molecule has 3 heterocycles. The third kappa shape index (κ3) is 2.79. The molecule has 0 N–H and O–H groups in total. The lowest BCUT2D eigenvalue weighted by atomic mass is 10.0. The molecule has 0 unspecified atom stereocenters. The standard InChI is InChI=1S/C18H17F3N6/c1-11-24-16(15-9-22-10-25(2)27(11)15)14-8-23-26(3)17(14)12-4-6-13(7-5-12)18(19,20)21/h4-9H,10H2,1-3H3. The summed E-state index contributed by atoms with van der Waals surface area (Å²) in [4.78, 5) is 9.00. The van der Waals surface area contributed by atoms with Crippen LogP contribution in [0.4, 0.5) is 13.2 Å². The van der Waals surface area contributed by atoms with E-state index in [0.717, 1.165) is 29.2 Å². The molecule has 6 nitrogen and oxygen atoms in total. The number of benzene rings is 1. The van der Waals surface area contributed by atoms with E-state index in [-0.39, 0.29) is 0 Å². The highest BCUT2D eigenvalue weighted by Gasteiger charge is 2.30. The van der Waals surface area contributed by atoms with Gasteiger partial charge in [-0.15, -0.1) is 0 Å². The number of imidazole rings is 1. The zero-order valence-corrected chi connectivity index (χ0v) is 15.0. The maximum atomic E-state index is 12.9. The summed E-state index contributed by atoms with van der Waals surface area (Å²) in [6.45, 7) is 2.43. The molecule has 0 atom stereocenters. The molecule has 0 radical (unpaired) electrons. The number of hydrogen-bond donors (Lipinski definition) is 0. The van der Waals surface area contributed by atoms with Crippen LogP contribution in [0.25, 0.3) is 22.5 Å². The van der Waals surface area contributed by atoms with Gasteiger partial charge in [-0.2, -0.15) is 18.3 Å². The van der Waals surface area contributed by atoms with Crippen molar-refractivity contribution >= 4 is 6.21 Å². The van der Waals surface area contributed by atoms with Crippen LogP contribution in [-0.4, -0.2) is 39.4 Å². The number of fused-ring (bicyclic) bond motifs is 1. The van der Waals surface area contributed by atoms with Crippen molar-refractivity contribution in [3.05, 3.63) is 47.5 Å². The zero-order valence-electron chi connectivity index (χ0n) is 15.0. The number of rotatable bonds is 2. The fraction of sp³-hybridized carbons (Fsp3) is 0.278. The van der Waals surface area contributed by atoms with E-state index in [1.54, 1.807) is 24.1 Å². The minimum absolute atomic E-state index is 0.530. The summed E-state index contributed by atoms with van der Waals surface area (Å²) in [6.07, 6.45) is -0.925. The highest BCUT2D eigenvalue weighted by atomic mass is 19.4. The van der Waals surface area contributed by atoms with Gasteiger partial charge in [-0.3, -0.25) is 14.7 Å². The fourth-order valence-electron chi connectivity index (χ4n) is 3.37.